The van der Waals surface area contributed by atoms with Crippen molar-refractivity contribution < 1.29 is 21.6 Å². The Morgan fingerprint density at radius 3 is 2.16 bits per heavy atom. The van der Waals surface area contributed by atoms with E-state index in [4.69, 9.17) is 0 Å². The van der Waals surface area contributed by atoms with Gasteiger partial charge in [-0.3, -0.25) is 4.68 Å². The fourth-order valence-corrected chi connectivity index (χ4v) is 3.17. The minimum Gasteiger partial charge on any atom is -0.271 e. The largest absolute Gasteiger partial charge is 0.435 e. The van der Waals surface area contributed by atoms with Crippen LogP contribution < -0.4 is 4.72 Å². The quantitative estimate of drug-likeness (QED) is 0.873. The molecule has 0 spiro atoms. The van der Waals surface area contributed by atoms with Gasteiger partial charge in [-0.05, 0) is 29.2 Å². The summed E-state index contributed by atoms with van der Waals surface area (Å²) in [6.07, 6.45) is -3.35. The van der Waals surface area contributed by atoms with Crippen molar-refractivity contribution in [2.45, 2.75) is 43.8 Å². The van der Waals surface area contributed by atoms with Gasteiger partial charge in [-0.15, -0.1) is 0 Å². The third-order valence-electron chi connectivity index (χ3n) is 3.59. The fraction of sp³-hybridized carbons (Fsp3) is 0.438. The van der Waals surface area contributed by atoms with Crippen LogP contribution in [0.2, 0.25) is 0 Å². The lowest BCUT2D eigenvalue weighted by Gasteiger charge is -2.19. The third-order valence-corrected chi connectivity index (χ3v) is 5.07. The molecule has 1 aromatic carbocycles. The molecule has 0 aliphatic carbocycles. The number of sulfonamides is 1. The Hall–Kier alpha value is -1.87. The molecule has 0 aliphatic heterocycles. The van der Waals surface area contributed by atoms with Crippen LogP contribution in [-0.4, -0.2) is 24.7 Å². The highest BCUT2D eigenvalue weighted by atomic mass is 32.2. The minimum atomic E-state index is -4.51. The van der Waals surface area contributed by atoms with Crippen LogP contribution in [0.1, 0.15) is 32.0 Å². The third kappa shape index (κ3) is 5.05. The van der Waals surface area contributed by atoms with E-state index in [2.05, 4.69) is 9.82 Å². The molecule has 0 unspecified atom stereocenters. The van der Waals surface area contributed by atoms with Gasteiger partial charge in [0.05, 0.1) is 11.4 Å². The second-order valence-electron chi connectivity index (χ2n) is 6.63. The molecule has 0 saturated heterocycles. The van der Waals surface area contributed by atoms with Crippen molar-refractivity contribution >= 4 is 10.0 Å². The Morgan fingerprint density at radius 1 is 1.08 bits per heavy atom. The summed E-state index contributed by atoms with van der Waals surface area (Å²) in [5.74, 6) is 0. The predicted molar refractivity (Wildman–Crippen MR) is 87.6 cm³/mol. The van der Waals surface area contributed by atoms with Gasteiger partial charge in [0.25, 0.3) is 0 Å². The van der Waals surface area contributed by atoms with Crippen LogP contribution in [0, 0.1) is 0 Å². The predicted octanol–water partition coefficient (Wildman–Crippen LogP) is 3.18. The maximum Gasteiger partial charge on any atom is 0.435 e. The van der Waals surface area contributed by atoms with Crippen LogP contribution in [0.25, 0.3) is 0 Å². The maximum absolute atomic E-state index is 12.5. The highest BCUT2D eigenvalue weighted by Crippen LogP contribution is 2.27. The van der Waals surface area contributed by atoms with Gasteiger partial charge in [-0.2, -0.15) is 18.3 Å². The van der Waals surface area contributed by atoms with Crippen molar-refractivity contribution in [1.29, 1.82) is 0 Å². The first-order valence-electron chi connectivity index (χ1n) is 7.60. The number of rotatable bonds is 5. The van der Waals surface area contributed by atoms with Crippen molar-refractivity contribution in [3.8, 4) is 0 Å². The maximum atomic E-state index is 12.5. The molecule has 0 atom stereocenters. The van der Waals surface area contributed by atoms with Crippen LogP contribution in [0.15, 0.2) is 41.4 Å². The lowest BCUT2D eigenvalue weighted by atomic mass is 9.87. The summed E-state index contributed by atoms with van der Waals surface area (Å²) in [4.78, 5) is 0.108. The van der Waals surface area contributed by atoms with E-state index in [1.165, 1.54) is 12.1 Å². The van der Waals surface area contributed by atoms with Crippen LogP contribution in [-0.2, 0) is 28.2 Å². The SMILES string of the molecule is CC(C)(C)c1ccc(S(=O)(=O)NCCn2ccc(C(F)(F)F)n2)cc1. The second kappa shape index (κ2) is 6.80. The van der Waals surface area contributed by atoms with Crippen molar-refractivity contribution in [3.63, 3.8) is 0 Å². The van der Waals surface area contributed by atoms with Gasteiger partial charge in [0, 0.05) is 12.7 Å². The van der Waals surface area contributed by atoms with E-state index in [1.807, 2.05) is 20.8 Å². The number of hydrogen-bond acceptors (Lipinski definition) is 3. The van der Waals surface area contributed by atoms with Crippen LogP contribution in [0.3, 0.4) is 0 Å². The molecule has 0 aliphatic rings. The number of aromatic nitrogens is 2. The number of hydrogen-bond donors (Lipinski definition) is 1. The summed E-state index contributed by atoms with van der Waals surface area (Å²) in [7, 11) is -3.73. The molecule has 0 bridgehead atoms. The summed E-state index contributed by atoms with van der Waals surface area (Å²) < 4.78 is 65.3. The molecule has 2 rings (SSSR count). The molecule has 0 amide bonds. The Labute approximate surface area is 144 Å². The van der Waals surface area contributed by atoms with Crippen molar-refractivity contribution in [2.75, 3.05) is 6.54 Å². The first-order valence-corrected chi connectivity index (χ1v) is 9.09. The van der Waals surface area contributed by atoms with E-state index < -0.39 is 21.9 Å². The van der Waals surface area contributed by atoms with Crippen LogP contribution in [0.4, 0.5) is 13.2 Å². The highest BCUT2D eigenvalue weighted by molar-refractivity contribution is 7.89. The molecule has 0 saturated carbocycles. The normalized spacial score (nSPS) is 13.2. The molecule has 1 N–H and O–H groups in total. The van der Waals surface area contributed by atoms with Crippen molar-refractivity contribution in [2.24, 2.45) is 0 Å². The van der Waals surface area contributed by atoms with Crippen molar-refractivity contribution in [1.82, 2.24) is 14.5 Å². The minimum absolute atomic E-state index is 0.00458. The van der Waals surface area contributed by atoms with Crippen LogP contribution >= 0.6 is 0 Å². The number of nitrogens with zero attached hydrogens (tertiary/aromatic N) is 2. The first kappa shape index (κ1) is 19.5. The Morgan fingerprint density at radius 2 is 1.68 bits per heavy atom. The topological polar surface area (TPSA) is 64.0 Å². The fourth-order valence-electron chi connectivity index (χ4n) is 2.15. The van der Waals surface area contributed by atoms with E-state index >= 15 is 0 Å². The summed E-state index contributed by atoms with van der Waals surface area (Å²) >= 11 is 0. The summed E-state index contributed by atoms with van der Waals surface area (Å²) in [6, 6.07) is 7.37. The van der Waals surface area contributed by atoms with E-state index in [-0.39, 0.29) is 23.4 Å². The summed E-state index contributed by atoms with van der Waals surface area (Å²) in [5, 5.41) is 3.37. The van der Waals surface area contributed by atoms with Gasteiger partial charge in [0.1, 0.15) is 0 Å². The second-order valence-corrected chi connectivity index (χ2v) is 8.40. The lowest BCUT2D eigenvalue weighted by Crippen LogP contribution is -2.27. The molecule has 1 aromatic heterocycles. The molecule has 9 heteroatoms. The van der Waals surface area contributed by atoms with Gasteiger partial charge in [-0.25, -0.2) is 13.1 Å². The van der Waals surface area contributed by atoms with Gasteiger partial charge >= 0.3 is 6.18 Å². The molecule has 25 heavy (non-hydrogen) atoms. The molecule has 1 heterocycles. The average Bonchev–Trinajstić information content (AvgIpc) is 2.95. The molecule has 2 aromatic rings. The lowest BCUT2D eigenvalue weighted by molar-refractivity contribution is -0.141. The van der Waals surface area contributed by atoms with E-state index in [9.17, 15) is 21.6 Å². The number of alkyl halides is 3. The van der Waals surface area contributed by atoms with Gasteiger partial charge < -0.3 is 0 Å². The van der Waals surface area contributed by atoms with Gasteiger partial charge in [-0.1, -0.05) is 32.9 Å². The zero-order valence-electron chi connectivity index (χ0n) is 14.1. The van der Waals surface area contributed by atoms with Crippen LogP contribution in [0.5, 0.6) is 0 Å². The zero-order valence-corrected chi connectivity index (χ0v) is 14.9. The number of nitrogens with one attached hydrogen (secondary N) is 1. The monoisotopic (exact) mass is 375 g/mol. The molecular weight excluding hydrogens is 355 g/mol. The first-order chi connectivity index (χ1) is 11.4. The Balaban J connectivity index is 1.99. The smallest absolute Gasteiger partial charge is 0.271 e. The zero-order chi connectivity index (χ0) is 18.9. The van der Waals surface area contributed by atoms with Crippen molar-refractivity contribution in [3.05, 3.63) is 47.8 Å². The molecule has 0 fully saturated rings. The van der Waals surface area contributed by atoms with E-state index in [0.29, 0.717) is 0 Å². The number of benzene rings is 1. The van der Waals surface area contributed by atoms with Gasteiger partial charge in [0.2, 0.25) is 10.0 Å². The molecule has 138 valence electrons. The van der Waals surface area contributed by atoms with Gasteiger partial charge in [0.15, 0.2) is 5.69 Å². The summed E-state index contributed by atoms with van der Waals surface area (Å²) in [5.41, 5.74) is -0.0952. The molecular formula is C16H20F3N3O2S. The molecule has 5 nitrogen and oxygen atoms in total. The Kier molecular flexibility index (Phi) is 5.29. The highest BCUT2D eigenvalue weighted by Gasteiger charge is 2.33. The summed E-state index contributed by atoms with van der Waals surface area (Å²) in [6.45, 7) is 5.99. The Bertz CT molecular complexity index is 820. The van der Waals surface area contributed by atoms with E-state index in [0.717, 1.165) is 22.5 Å². The molecule has 0 radical (unpaired) electrons. The standard InChI is InChI=1S/C16H20F3N3O2S/c1-15(2,3)12-4-6-13(7-5-12)25(23,24)20-9-11-22-10-8-14(21-22)16(17,18)19/h4-8,10,20H,9,11H2,1-3H3. The average molecular weight is 375 g/mol. The number of halogens is 3. The van der Waals surface area contributed by atoms with E-state index in [1.54, 1.807) is 12.1 Å².